The summed E-state index contributed by atoms with van der Waals surface area (Å²) in [7, 11) is -0.640. The average molecular weight is 457 g/mol. The number of ether oxygens (including phenoxy) is 3. The minimum absolute atomic E-state index is 0.105. The number of amides is 1. The van der Waals surface area contributed by atoms with Crippen LogP contribution < -0.4 is 24.2 Å². The van der Waals surface area contributed by atoms with E-state index in [0.29, 0.717) is 22.9 Å². The predicted octanol–water partition coefficient (Wildman–Crippen LogP) is 3.20. The number of carbonyl (C=O) groups excluding carboxylic acids is 1. The van der Waals surface area contributed by atoms with Crippen molar-refractivity contribution >= 4 is 21.6 Å². The van der Waals surface area contributed by atoms with Crippen molar-refractivity contribution in [2.75, 3.05) is 26.1 Å². The first kappa shape index (κ1) is 23.1. The van der Waals surface area contributed by atoms with E-state index in [1.807, 2.05) is 30.3 Å². The van der Waals surface area contributed by atoms with Gasteiger partial charge < -0.3 is 19.5 Å². The molecule has 168 valence electrons. The van der Waals surface area contributed by atoms with E-state index in [9.17, 15) is 13.2 Å². The fourth-order valence-electron chi connectivity index (χ4n) is 2.81. The Labute approximate surface area is 187 Å². The molecule has 9 heteroatoms. The van der Waals surface area contributed by atoms with Crippen LogP contribution in [-0.4, -0.2) is 35.2 Å². The molecule has 0 fully saturated rings. The van der Waals surface area contributed by atoms with E-state index in [4.69, 9.17) is 14.2 Å². The standard InChI is InChI=1S/C23H24N2O6S/c1-29-19-10-13-21(22(14-19)30-2)25-23(26)16-31-18-8-11-20(12-9-18)32(27,28)24-15-17-6-4-3-5-7-17/h3-14,24H,15-16H2,1-2H3,(H,25,26). The summed E-state index contributed by atoms with van der Waals surface area (Å²) >= 11 is 0. The second kappa shape index (κ2) is 10.7. The summed E-state index contributed by atoms with van der Waals surface area (Å²) in [6.07, 6.45) is 0. The van der Waals surface area contributed by atoms with Gasteiger partial charge in [0.2, 0.25) is 10.0 Å². The fourth-order valence-corrected chi connectivity index (χ4v) is 3.83. The van der Waals surface area contributed by atoms with Crippen LogP contribution in [0.15, 0.2) is 77.7 Å². The third kappa shape index (κ3) is 6.22. The lowest BCUT2D eigenvalue weighted by atomic mass is 10.2. The first-order valence-electron chi connectivity index (χ1n) is 9.69. The summed E-state index contributed by atoms with van der Waals surface area (Å²) in [6, 6.07) is 20.1. The highest BCUT2D eigenvalue weighted by atomic mass is 32.2. The van der Waals surface area contributed by atoms with Gasteiger partial charge in [0.05, 0.1) is 24.8 Å². The molecule has 3 aromatic carbocycles. The molecule has 1 amide bonds. The van der Waals surface area contributed by atoms with Crippen LogP contribution in [-0.2, 0) is 21.4 Å². The first-order chi connectivity index (χ1) is 15.4. The highest BCUT2D eigenvalue weighted by Crippen LogP contribution is 2.29. The Morgan fingerprint density at radius 2 is 1.56 bits per heavy atom. The molecule has 0 unspecified atom stereocenters. The molecule has 0 saturated heterocycles. The van der Waals surface area contributed by atoms with Crippen LogP contribution in [0.4, 0.5) is 5.69 Å². The Kier molecular flexibility index (Phi) is 7.69. The minimum atomic E-state index is -3.67. The molecule has 0 aliphatic carbocycles. The molecule has 0 spiro atoms. The molecule has 0 bridgehead atoms. The lowest BCUT2D eigenvalue weighted by Crippen LogP contribution is -2.23. The van der Waals surface area contributed by atoms with Crippen LogP contribution in [0.2, 0.25) is 0 Å². The van der Waals surface area contributed by atoms with Gasteiger partial charge in [-0.2, -0.15) is 0 Å². The van der Waals surface area contributed by atoms with Crippen molar-refractivity contribution in [3.8, 4) is 17.2 Å². The van der Waals surface area contributed by atoms with Crippen molar-refractivity contribution in [2.24, 2.45) is 0 Å². The number of nitrogens with one attached hydrogen (secondary N) is 2. The first-order valence-corrected chi connectivity index (χ1v) is 11.2. The van der Waals surface area contributed by atoms with E-state index in [0.717, 1.165) is 5.56 Å². The Bertz CT molecular complexity index is 1150. The van der Waals surface area contributed by atoms with Crippen LogP contribution in [0, 0.1) is 0 Å². The second-order valence-corrected chi connectivity index (χ2v) is 8.45. The molecule has 32 heavy (non-hydrogen) atoms. The van der Waals surface area contributed by atoms with E-state index >= 15 is 0 Å². The fraction of sp³-hybridized carbons (Fsp3) is 0.174. The SMILES string of the molecule is COc1ccc(NC(=O)COc2ccc(S(=O)(=O)NCc3ccccc3)cc2)c(OC)c1. The molecule has 0 aliphatic rings. The maximum absolute atomic E-state index is 12.5. The van der Waals surface area contributed by atoms with Gasteiger partial charge in [-0.15, -0.1) is 0 Å². The van der Waals surface area contributed by atoms with Crippen LogP contribution in [0.25, 0.3) is 0 Å². The van der Waals surface area contributed by atoms with E-state index < -0.39 is 15.9 Å². The maximum atomic E-state index is 12.5. The summed E-state index contributed by atoms with van der Waals surface area (Å²) in [5.41, 5.74) is 1.34. The van der Waals surface area contributed by atoms with E-state index in [1.165, 1.54) is 38.5 Å². The average Bonchev–Trinajstić information content (AvgIpc) is 2.82. The van der Waals surface area contributed by atoms with Crippen molar-refractivity contribution in [1.82, 2.24) is 4.72 Å². The normalized spacial score (nSPS) is 10.9. The van der Waals surface area contributed by atoms with E-state index in [-0.39, 0.29) is 18.0 Å². The monoisotopic (exact) mass is 456 g/mol. The summed E-state index contributed by atoms with van der Waals surface area (Å²) in [4.78, 5) is 12.3. The summed E-state index contributed by atoms with van der Waals surface area (Å²) in [5.74, 6) is 1.03. The van der Waals surface area contributed by atoms with Crippen LogP contribution in [0.1, 0.15) is 5.56 Å². The van der Waals surface area contributed by atoms with Crippen molar-refractivity contribution in [1.29, 1.82) is 0 Å². The third-order valence-corrected chi connectivity index (χ3v) is 5.91. The zero-order chi connectivity index (χ0) is 23.0. The molecular formula is C23H24N2O6S. The molecule has 0 saturated carbocycles. The van der Waals surface area contributed by atoms with Crippen LogP contribution in [0.3, 0.4) is 0 Å². The number of hydrogen-bond acceptors (Lipinski definition) is 6. The summed E-state index contributed by atoms with van der Waals surface area (Å²) in [5, 5.41) is 2.70. The smallest absolute Gasteiger partial charge is 0.262 e. The summed E-state index contributed by atoms with van der Waals surface area (Å²) in [6.45, 7) is -0.0655. The number of anilines is 1. The molecule has 8 nitrogen and oxygen atoms in total. The highest BCUT2D eigenvalue weighted by molar-refractivity contribution is 7.89. The largest absolute Gasteiger partial charge is 0.497 e. The quantitative estimate of drug-likeness (QED) is 0.486. The maximum Gasteiger partial charge on any atom is 0.262 e. The van der Waals surface area contributed by atoms with Gasteiger partial charge in [0.25, 0.3) is 5.91 Å². The molecular weight excluding hydrogens is 432 g/mol. The second-order valence-electron chi connectivity index (χ2n) is 6.68. The zero-order valence-corrected chi connectivity index (χ0v) is 18.5. The Morgan fingerprint density at radius 3 is 2.22 bits per heavy atom. The Balaban J connectivity index is 1.55. The van der Waals surface area contributed by atoms with Crippen LogP contribution >= 0.6 is 0 Å². The van der Waals surface area contributed by atoms with Crippen molar-refractivity contribution in [2.45, 2.75) is 11.4 Å². The van der Waals surface area contributed by atoms with E-state index in [1.54, 1.807) is 18.2 Å². The molecule has 0 aromatic heterocycles. The van der Waals surface area contributed by atoms with Gasteiger partial charge in [-0.1, -0.05) is 30.3 Å². The number of hydrogen-bond donors (Lipinski definition) is 2. The van der Waals surface area contributed by atoms with Crippen LogP contribution in [0.5, 0.6) is 17.2 Å². The van der Waals surface area contributed by atoms with E-state index in [2.05, 4.69) is 10.0 Å². The number of sulfonamides is 1. The molecule has 0 aliphatic heterocycles. The molecule has 0 radical (unpaired) electrons. The van der Waals surface area contributed by atoms with Crippen molar-refractivity contribution < 1.29 is 27.4 Å². The van der Waals surface area contributed by atoms with Gasteiger partial charge in [0, 0.05) is 12.6 Å². The molecule has 2 N–H and O–H groups in total. The topological polar surface area (TPSA) is 103 Å². The lowest BCUT2D eigenvalue weighted by Gasteiger charge is -2.12. The number of carbonyl (C=O) groups is 1. The molecule has 0 heterocycles. The Morgan fingerprint density at radius 1 is 0.875 bits per heavy atom. The highest BCUT2D eigenvalue weighted by Gasteiger charge is 2.14. The van der Waals surface area contributed by atoms with Gasteiger partial charge in [-0.25, -0.2) is 13.1 Å². The zero-order valence-electron chi connectivity index (χ0n) is 17.7. The number of rotatable bonds is 10. The van der Waals surface area contributed by atoms with Crippen molar-refractivity contribution in [3.63, 3.8) is 0 Å². The third-order valence-electron chi connectivity index (χ3n) is 4.50. The number of benzene rings is 3. The Hall–Kier alpha value is -3.56. The van der Waals surface area contributed by atoms with Gasteiger partial charge in [-0.3, -0.25) is 4.79 Å². The number of methoxy groups -OCH3 is 2. The summed E-state index contributed by atoms with van der Waals surface area (Å²) < 4.78 is 43.3. The predicted molar refractivity (Wildman–Crippen MR) is 121 cm³/mol. The minimum Gasteiger partial charge on any atom is -0.497 e. The van der Waals surface area contributed by atoms with Gasteiger partial charge in [-0.05, 0) is 42.0 Å². The van der Waals surface area contributed by atoms with Crippen molar-refractivity contribution in [3.05, 3.63) is 78.4 Å². The van der Waals surface area contributed by atoms with Gasteiger partial charge in [0.15, 0.2) is 6.61 Å². The van der Waals surface area contributed by atoms with Gasteiger partial charge >= 0.3 is 0 Å². The lowest BCUT2D eigenvalue weighted by molar-refractivity contribution is -0.118. The molecule has 3 rings (SSSR count). The molecule has 3 aromatic rings. The molecule has 0 atom stereocenters. The van der Waals surface area contributed by atoms with Gasteiger partial charge in [0.1, 0.15) is 17.2 Å².